The highest BCUT2D eigenvalue weighted by Gasteiger charge is 2.19. The molecule has 2 aromatic rings. The van der Waals surface area contributed by atoms with Crippen LogP contribution in [0.4, 0.5) is 0 Å². The molecule has 0 saturated carbocycles. The summed E-state index contributed by atoms with van der Waals surface area (Å²) in [5, 5.41) is 7.53. The fourth-order valence-electron chi connectivity index (χ4n) is 2.69. The average molecular weight is 286 g/mol. The summed E-state index contributed by atoms with van der Waals surface area (Å²) in [5.74, 6) is 1.35. The molecule has 112 valence electrons. The maximum absolute atomic E-state index is 5.38. The molecular weight excluding hydrogens is 264 g/mol. The number of aromatic nitrogens is 2. The normalized spacial score (nSPS) is 19.1. The van der Waals surface area contributed by atoms with Crippen LogP contribution in [-0.2, 0) is 6.54 Å². The van der Waals surface area contributed by atoms with Crippen molar-refractivity contribution in [2.24, 2.45) is 0 Å². The number of hydrogen-bond acceptors (Lipinski definition) is 5. The molecule has 5 nitrogen and oxygen atoms in total. The molecule has 2 heterocycles. The highest BCUT2D eigenvalue weighted by atomic mass is 16.5. The minimum atomic E-state index is 0.556. The molecule has 0 aliphatic carbocycles. The first-order valence-corrected chi connectivity index (χ1v) is 7.53. The van der Waals surface area contributed by atoms with Crippen molar-refractivity contribution in [2.75, 3.05) is 20.1 Å². The van der Waals surface area contributed by atoms with Crippen LogP contribution >= 0.6 is 0 Å². The zero-order valence-electron chi connectivity index (χ0n) is 12.7. The van der Waals surface area contributed by atoms with E-state index in [2.05, 4.69) is 46.5 Å². The first-order chi connectivity index (χ1) is 10.2. The topological polar surface area (TPSA) is 54.2 Å². The van der Waals surface area contributed by atoms with Gasteiger partial charge >= 0.3 is 0 Å². The van der Waals surface area contributed by atoms with E-state index in [1.807, 2.05) is 12.1 Å². The second-order valence-electron chi connectivity index (χ2n) is 5.80. The molecule has 0 amide bonds. The fraction of sp³-hybridized carbons (Fsp3) is 0.500. The molecule has 1 aliphatic heterocycles. The molecule has 1 aromatic heterocycles. The van der Waals surface area contributed by atoms with Crippen LogP contribution in [0.3, 0.4) is 0 Å². The summed E-state index contributed by atoms with van der Waals surface area (Å²) in [6.07, 6.45) is 2.46. The Morgan fingerprint density at radius 2 is 2.14 bits per heavy atom. The van der Waals surface area contributed by atoms with Crippen molar-refractivity contribution < 1.29 is 4.52 Å². The third kappa shape index (κ3) is 3.49. The minimum Gasteiger partial charge on any atom is -0.334 e. The van der Waals surface area contributed by atoms with Gasteiger partial charge in [-0.3, -0.25) is 4.90 Å². The van der Waals surface area contributed by atoms with E-state index in [0.29, 0.717) is 11.9 Å². The Balaban J connectivity index is 1.65. The summed E-state index contributed by atoms with van der Waals surface area (Å²) >= 11 is 0. The van der Waals surface area contributed by atoms with Crippen LogP contribution in [0.5, 0.6) is 0 Å². The summed E-state index contributed by atoms with van der Waals surface area (Å²) in [5.41, 5.74) is 2.20. The van der Waals surface area contributed by atoms with E-state index in [4.69, 9.17) is 4.52 Å². The van der Waals surface area contributed by atoms with Crippen LogP contribution < -0.4 is 5.32 Å². The monoisotopic (exact) mass is 286 g/mol. The molecule has 0 spiro atoms. The standard InChI is InChI=1S/C16H22N4O/c1-12-5-7-13(8-6-12)16-18-15(19-21-16)11-20(2)14-4-3-9-17-10-14/h5-8,14,17H,3-4,9-11H2,1-2H3. The lowest BCUT2D eigenvalue weighted by atomic mass is 10.1. The molecule has 0 radical (unpaired) electrons. The van der Waals surface area contributed by atoms with E-state index >= 15 is 0 Å². The van der Waals surface area contributed by atoms with Crippen LogP contribution in [0.1, 0.15) is 24.2 Å². The highest BCUT2D eigenvalue weighted by Crippen LogP contribution is 2.18. The predicted octanol–water partition coefficient (Wildman–Crippen LogP) is 2.23. The highest BCUT2D eigenvalue weighted by molar-refractivity contribution is 5.53. The third-order valence-corrected chi connectivity index (χ3v) is 4.05. The van der Waals surface area contributed by atoms with Gasteiger partial charge in [0.15, 0.2) is 5.82 Å². The fourth-order valence-corrected chi connectivity index (χ4v) is 2.69. The second kappa shape index (κ2) is 6.37. The number of hydrogen-bond donors (Lipinski definition) is 1. The van der Waals surface area contributed by atoms with Crippen molar-refractivity contribution in [3.63, 3.8) is 0 Å². The van der Waals surface area contributed by atoms with Gasteiger partial charge in [-0.15, -0.1) is 0 Å². The van der Waals surface area contributed by atoms with E-state index in [0.717, 1.165) is 31.0 Å². The molecule has 1 fully saturated rings. The van der Waals surface area contributed by atoms with Crippen LogP contribution in [0.25, 0.3) is 11.5 Å². The number of nitrogens with zero attached hydrogens (tertiary/aromatic N) is 3. The van der Waals surface area contributed by atoms with Gasteiger partial charge in [0.05, 0.1) is 6.54 Å². The number of likely N-dealkylation sites (N-methyl/N-ethyl adjacent to an activating group) is 1. The molecule has 3 rings (SSSR count). The van der Waals surface area contributed by atoms with Crippen molar-refractivity contribution >= 4 is 0 Å². The predicted molar refractivity (Wildman–Crippen MR) is 81.8 cm³/mol. The molecular formula is C16H22N4O. The lowest BCUT2D eigenvalue weighted by Crippen LogP contribution is -2.43. The van der Waals surface area contributed by atoms with E-state index in [1.54, 1.807) is 0 Å². The number of rotatable bonds is 4. The zero-order valence-corrected chi connectivity index (χ0v) is 12.7. The van der Waals surface area contributed by atoms with Gasteiger partial charge < -0.3 is 9.84 Å². The molecule has 1 atom stereocenters. The molecule has 1 unspecified atom stereocenters. The maximum atomic E-state index is 5.38. The number of piperidine rings is 1. The van der Waals surface area contributed by atoms with Crippen LogP contribution in [0, 0.1) is 6.92 Å². The van der Waals surface area contributed by atoms with Gasteiger partial charge in [-0.05, 0) is 45.5 Å². The van der Waals surface area contributed by atoms with Crippen molar-refractivity contribution in [3.8, 4) is 11.5 Å². The molecule has 1 N–H and O–H groups in total. The van der Waals surface area contributed by atoms with Crippen molar-refractivity contribution in [2.45, 2.75) is 32.4 Å². The Kier molecular flexibility index (Phi) is 4.31. The number of benzene rings is 1. The minimum absolute atomic E-state index is 0.556. The Hall–Kier alpha value is -1.72. The summed E-state index contributed by atoms with van der Waals surface area (Å²) in [6.45, 7) is 4.96. The quantitative estimate of drug-likeness (QED) is 0.934. The van der Waals surface area contributed by atoms with Crippen molar-refractivity contribution in [1.29, 1.82) is 0 Å². The Bertz CT molecular complexity index is 572. The molecule has 1 aromatic carbocycles. The largest absolute Gasteiger partial charge is 0.334 e. The SMILES string of the molecule is Cc1ccc(-c2nc(CN(C)C3CCCNC3)no2)cc1. The third-order valence-electron chi connectivity index (χ3n) is 4.05. The van der Waals surface area contributed by atoms with Crippen molar-refractivity contribution in [3.05, 3.63) is 35.7 Å². The summed E-state index contributed by atoms with van der Waals surface area (Å²) in [7, 11) is 2.12. The van der Waals surface area contributed by atoms with Gasteiger partial charge in [0, 0.05) is 18.2 Å². The summed E-state index contributed by atoms with van der Waals surface area (Å²) < 4.78 is 5.38. The second-order valence-corrected chi connectivity index (χ2v) is 5.80. The molecule has 0 bridgehead atoms. The van der Waals surface area contributed by atoms with Gasteiger partial charge in [0.1, 0.15) is 0 Å². The Morgan fingerprint density at radius 3 is 2.86 bits per heavy atom. The van der Waals surface area contributed by atoms with Gasteiger partial charge in [-0.1, -0.05) is 22.9 Å². The lowest BCUT2D eigenvalue weighted by molar-refractivity contribution is 0.190. The average Bonchev–Trinajstić information content (AvgIpc) is 2.97. The lowest BCUT2D eigenvalue weighted by Gasteiger charge is -2.30. The van der Waals surface area contributed by atoms with E-state index < -0.39 is 0 Å². The Morgan fingerprint density at radius 1 is 1.33 bits per heavy atom. The molecule has 21 heavy (non-hydrogen) atoms. The van der Waals surface area contributed by atoms with Crippen molar-refractivity contribution in [1.82, 2.24) is 20.4 Å². The van der Waals surface area contributed by atoms with E-state index in [-0.39, 0.29) is 0 Å². The summed E-state index contributed by atoms with van der Waals surface area (Å²) in [4.78, 5) is 6.81. The van der Waals surface area contributed by atoms with E-state index in [1.165, 1.54) is 18.4 Å². The van der Waals surface area contributed by atoms with Gasteiger partial charge in [0.2, 0.25) is 0 Å². The number of nitrogens with one attached hydrogen (secondary N) is 1. The Labute approximate surface area is 125 Å². The van der Waals surface area contributed by atoms with E-state index in [9.17, 15) is 0 Å². The first-order valence-electron chi connectivity index (χ1n) is 7.53. The van der Waals surface area contributed by atoms with Gasteiger partial charge in [-0.25, -0.2) is 0 Å². The van der Waals surface area contributed by atoms with Crippen LogP contribution in [0.2, 0.25) is 0 Å². The molecule has 1 aliphatic rings. The molecule has 5 heteroatoms. The zero-order chi connectivity index (χ0) is 14.7. The maximum Gasteiger partial charge on any atom is 0.257 e. The van der Waals surface area contributed by atoms with Gasteiger partial charge in [-0.2, -0.15) is 4.98 Å². The van der Waals surface area contributed by atoms with Crippen LogP contribution in [-0.4, -0.2) is 41.2 Å². The summed E-state index contributed by atoms with van der Waals surface area (Å²) in [6, 6.07) is 8.70. The van der Waals surface area contributed by atoms with Gasteiger partial charge in [0.25, 0.3) is 5.89 Å². The first kappa shape index (κ1) is 14.2. The smallest absolute Gasteiger partial charge is 0.257 e. The molecule has 1 saturated heterocycles. The van der Waals surface area contributed by atoms with Crippen LogP contribution in [0.15, 0.2) is 28.8 Å². The number of aryl methyl sites for hydroxylation is 1.